The summed E-state index contributed by atoms with van der Waals surface area (Å²) in [6.07, 6.45) is 14.3. The van der Waals surface area contributed by atoms with Gasteiger partial charge < -0.3 is 38.4 Å². The lowest BCUT2D eigenvalue weighted by Crippen LogP contribution is -2.61. The second kappa shape index (κ2) is 24.0. The van der Waals surface area contributed by atoms with Crippen LogP contribution in [0.4, 0.5) is 0 Å². The van der Waals surface area contributed by atoms with Gasteiger partial charge in [0.05, 0.1) is 24.4 Å². The lowest BCUT2D eigenvalue weighted by atomic mass is 9.77. The molecule has 4 aliphatic heterocycles. The molecule has 1 aromatic heterocycles. The fourth-order valence-corrected chi connectivity index (χ4v) is 10.9. The molecule has 0 aromatic carbocycles. The summed E-state index contributed by atoms with van der Waals surface area (Å²) in [6, 6.07) is -1.21. The summed E-state index contributed by atoms with van der Waals surface area (Å²) in [4.78, 5) is 73.8. The molecule has 5 aliphatic rings. The quantitative estimate of drug-likeness (QED) is 0.194. The summed E-state index contributed by atoms with van der Waals surface area (Å²) >= 11 is 0. The molecule has 1 aromatic rings. The first kappa shape index (κ1) is 53.1. The Morgan fingerprint density at radius 1 is 0.897 bits per heavy atom. The third-order valence-corrected chi connectivity index (χ3v) is 15.1. The number of methoxy groups -OCH3 is 3. The number of tetrazole rings is 1. The molecule has 17 heteroatoms. The highest BCUT2D eigenvalue weighted by Crippen LogP contribution is 2.39. The normalized spacial score (nSPS) is 39.6. The van der Waals surface area contributed by atoms with Gasteiger partial charge in [0.25, 0.3) is 11.7 Å². The number of cyclic esters (lactones) is 1. The second-order valence-electron chi connectivity index (χ2n) is 20.0. The van der Waals surface area contributed by atoms with Crippen molar-refractivity contribution in [1.29, 1.82) is 0 Å². The number of esters is 1. The zero-order chi connectivity index (χ0) is 49.3. The van der Waals surface area contributed by atoms with E-state index in [1.54, 1.807) is 38.9 Å². The molecule has 68 heavy (non-hydrogen) atoms. The number of hydrogen-bond donors (Lipinski definition) is 1. The Morgan fingerprint density at radius 3 is 2.38 bits per heavy atom. The lowest BCUT2D eigenvalue weighted by molar-refractivity contribution is -0.265. The topological polar surface area (TPSA) is 208 Å². The van der Waals surface area contributed by atoms with Crippen LogP contribution < -0.4 is 0 Å². The number of piperidine rings is 1. The summed E-state index contributed by atoms with van der Waals surface area (Å²) < 4.78 is 36.4. The maximum Gasteiger partial charge on any atom is 0.329 e. The Labute approximate surface area is 401 Å². The second-order valence-corrected chi connectivity index (χ2v) is 20.0. The molecule has 1 N–H and O–H groups in total. The van der Waals surface area contributed by atoms with Crippen LogP contribution in [0.1, 0.15) is 125 Å². The van der Waals surface area contributed by atoms with Gasteiger partial charge in [-0.2, -0.15) is 4.80 Å². The minimum Gasteiger partial charge on any atom is -0.460 e. The number of rotatable bonds is 7. The lowest BCUT2D eigenvalue weighted by Gasteiger charge is -2.42. The molecule has 3 saturated heterocycles. The van der Waals surface area contributed by atoms with Crippen LogP contribution >= 0.6 is 0 Å². The van der Waals surface area contributed by atoms with Crippen LogP contribution in [0.15, 0.2) is 53.9 Å². The van der Waals surface area contributed by atoms with Crippen molar-refractivity contribution in [2.45, 2.75) is 179 Å². The summed E-state index contributed by atoms with van der Waals surface area (Å²) in [5, 5.41) is 24.2. The monoisotopic (exact) mass is 950 g/mol. The SMILES string of the molecule is COC1C[C@@H]2CC[C@@H](C)[C@@](O)(O2)C(=O)C(=O)N2CCCC[C@H]2C(=O)O[C@H](C(C)CC2CC[C@H](n3ncnn3)C(OC)C2)CC(=O)C(C)/C=C(\C)[C@H]2OC(CC(C)/C=C/C=C/C=C/1C)C(=O)C2OC. The van der Waals surface area contributed by atoms with Crippen LogP contribution in [0.2, 0.25) is 0 Å². The maximum atomic E-state index is 14.5. The number of ether oxygens (including phenoxy) is 6. The van der Waals surface area contributed by atoms with Crippen molar-refractivity contribution in [2.24, 2.45) is 29.6 Å². The highest BCUT2D eigenvalue weighted by Gasteiger charge is 2.53. The van der Waals surface area contributed by atoms with Gasteiger partial charge in [-0.15, -0.1) is 10.2 Å². The molecule has 5 heterocycles. The van der Waals surface area contributed by atoms with E-state index in [4.69, 9.17) is 28.4 Å². The Morgan fingerprint density at radius 2 is 1.68 bits per heavy atom. The number of Topliss-reactive ketones (excluding diaryl/α,β-unsaturated/α-hetero) is 3. The maximum absolute atomic E-state index is 14.5. The van der Waals surface area contributed by atoms with E-state index < -0.39 is 77.9 Å². The number of allylic oxidation sites excluding steroid dienone is 6. The van der Waals surface area contributed by atoms with Crippen molar-refractivity contribution in [3.63, 3.8) is 0 Å². The number of amides is 1. The van der Waals surface area contributed by atoms with Crippen LogP contribution in [0.5, 0.6) is 0 Å². The third kappa shape index (κ3) is 12.5. The fourth-order valence-electron chi connectivity index (χ4n) is 10.9. The first-order chi connectivity index (χ1) is 32.5. The summed E-state index contributed by atoms with van der Waals surface area (Å²) in [5.41, 5.74) is 1.57. The van der Waals surface area contributed by atoms with Gasteiger partial charge in [-0.1, -0.05) is 64.2 Å². The van der Waals surface area contributed by atoms with Gasteiger partial charge in [-0.25, -0.2) is 4.79 Å². The summed E-state index contributed by atoms with van der Waals surface area (Å²) in [6.45, 7) is 11.3. The Bertz CT molecular complexity index is 2040. The molecule has 4 bridgehead atoms. The van der Waals surface area contributed by atoms with Gasteiger partial charge in [-0.05, 0) is 112 Å². The largest absolute Gasteiger partial charge is 0.460 e. The number of aliphatic hydroxyl groups is 1. The number of hydrogen-bond acceptors (Lipinski definition) is 15. The molecule has 0 spiro atoms. The Balaban J connectivity index is 1.30. The van der Waals surface area contributed by atoms with E-state index in [9.17, 15) is 29.1 Å². The third-order valence-electron chi connectivity index (χ3n) is 15.1. The molecule has 4 fully saturated rings. The number of nitrogens with zero attached hydrogens (tertiary/aromatic N) is 5. The van der Waals surface area contributed by atoms with Crippen LogP contribution in [0.25, 0.3) is 0 Å². The molecule has 6 rings (SSSR count). The van der Waals surface area contributed by atoms with E-state index in [-0.39, 0.29) is 60.9 Å². The van der Waals surface area contributed by atoms with Crippen molar-refractivity contribution in [3.05, 3.63) is 53.9 Å². The first-order valence-electron chi connectivity index (χ1n) is 24.7. The fraction of sp³-hybridized carbons (Fsp3) is 0.725. The Hall–Kier alpha value is -4.26. The first-order valence-corrected chi connectivity index (χ1v) is 24.7. The van der Waals surface area contributed by atoms with Crippen LogP contribution in [-0.4, -0.2) is 142 Å². The highest BCUT2D eigenvalue weighted by atomic mass is 16.6. The van der Waals surface area contributed by atoms with Crippen molar-refractivity contribution in [1.82, 2.24) is 25.1 Å². The predicted molar refractivity (Wildman–Crippen MR) is 249 cm³/mol. The molecule has 15 atom stereocenters. The number of carbonyl (C=O) groups excluding carboxylic acids is 5. The van der Waals surface area contributed by atoms with Gasteiger partial charge in [0.15, 0.2) is 12.1 Å². The number of aromatic nitrogens is 4. The van der Waals surface area contributed by atoms with E-state index >= 15 is 0 Å². The van der Waals surface area contributed by atoms with Gasteiger partial charge >= 0.3 is 5.97 Å². The number of ketones is 3. The van der Waals surface area contributed by atoms with E-state index in [2.05, 4.69) is 15.4 Å². The number of carbonyl (C=O) groups is 5. The molecule has 1 amide bonds. The van der Waals surface area contributed by atoms with Crippen LogP contribution in [0.3, 0.4) is 0 Å². The van der Waals surface area contributed by atoms with E-state index in [1.807, 2.05) is 58.1 Å². The van der Waals surface area contributed by atoms with Crippen molar-refractivity contribution in [3.8, 4) is 0 Å². The number of fused-ring (bicyclic) bond motifs is 5. The average Bonchev–Trinajstić information content (AvgIpc) is 3.98. The summed E-state index contributed by atoms with van der Waals surface area (Å²) in [7, 11) is 4.73. The van der Waals surface area contributed by atoms with E-state index in [0.717, 1.165) is 18.4 Å². The minimum atomic E-state index is -2.42. The van der Waals surface area contributed by atoms with Gasteiger partial charge in [0, 0.05) is 52.6 Å². The molecular weight excluding hydrogens is 875 g/mol. The van der Waals surface area contributed by atoms with Crippen molar-refractivity contribution < 1.29 is 57.5 Å². The highest BCUT2D eigenvalue weighted by molar-refractivity contribution is 6.39. The molecule has 1 saturated carbocycles. The van der Waals surface area contributed by atoms with Gasteiger partial charge in [-0.3, -0.25) is 19.2 Å². The van der Waals surface area contributed by atoms with Crippen LogP contribution in [0, 0.1) is 29.6 Å². The smallest absolute Gasteiger partial charge is 0.329 e. The molecule has 1 aliphatic carbocycles. The van der Waals surface area contributed by atoms with Crippen molar-refractivity contribution >= 4 is 29.2 Å². The summed E-state index contributed by atoms with van der Waals surface area (Å²) in [5.74, 6) is -7.10. The van der Waals surface area contributed by atoms with Crippen LogP contribution in [-0.2, 0) is 52.4 Å². The van der Waals surface area contributed by atoms with Gasteiger partial charge in [0.1, 0.15) is 36.2 Å². The average molecular weight is 950 g/mol. The molecule has 8 unspecified atom stereocenters. The predicted octanol–water partition coefficient (Wildman–Crippen LogP) is 5.82. The standard InChI is InChI=1S/C51H75N5O12/c1-30-15-11-10-12-16-31(2)41(63-7)27-37-20-18-35(6)51(62,68-37)48(59)49(60)55-22-14-13-17-39(55)50(61)67-42(33(4)25-36-19-21-38(43(26-36)64-8)56-53-29-52-54-56)28-40(57)32(3)24-34(5)46-47(65-9)45(58)44(23-30)66-46/h10-12,15-16,24,29-30,32-33,35-39,41-44,46-47,62H,13-14,17-23,25-28H2,1-9H3/b12-10+,15-11+,31-16+,34-24+/t30?,32?,33?,35-,36?,37+,38+,39+,41?,42+,43?,44?,46-,47?,51-/m1/s1. The van der Waals surface area contributed by atoms with E-state index in [0.29, 0.717) is 56.9 Å². The molecule has 0 radical (unpaired) electrons. The molecule has 17 nitrogen and oxygen atoms in total. The minimum absolute atomic E-state index is 0.0130. The van der Waals surface area contributed by atoms with Gasteiger partial charge in [0.2, 0.25) is 5.79 Å². The Kier molecular flexibility index (Phi) is 18.8. The van der Waals surface area contributed by atoms with E-state index in [1.165, 1.54) is 18.3 Å². The zero-order valence-electron chi connectivity index (χ0n) is 41.5. The molecule has 376 valence electrons. The molecular formula is C51H75N5O12. The zero-order valence-corrected chi connectivity index (χ0v) is 41.5. The van der Waals surface area contributed by atoms with Crippen molar-refractivity contribution in [2.75, 3.05) is 27.9 Å².